The minimum Gasteiger partial charge on any atom is -0.494 e. The summed E-state index contributed by atoms with van der Waals surface area (Å²) < 4.78 is 50.9. The number of benzene rings is 3. The van der Waals surface area contributed by atoms with Gasteiger partial charge in [-0.2, -0.15) is 4.39 Å². The lowest BCUT2D eigenvalue weighted by atomic mass is 10.0. The van der Waals surface area contributed by atoms with Gasteiger partial charge >= 0.3 is 0 Å². The van der Waals surface area contributed by atoms with E-state index in [4.69, 9.17) is 9.72 Å². The molecule has 3 aromatic carbocycles. The number of carbonyl (C=O) groups excluding carboxylic acids is 2. The molecule has 4 heterocycles. The lowest BCUT2D eigenvalue weighted by Crippen LogP contribution is -2.39. The Bertz CT molecular complexity index is 2220. The van der Waals surface area contributed by atoms with Gasteiger partial charge in [0.15, 0.2) is 11.6 Å². The van der Waals surface area contributed by atoms with Crippen molar-refractivity contribution < 1.29 is 27.5 Å². The molecule has 3 aromatic heterocycles. The smallest absolute Gasteiger partial charge is 0.253 e. The first kappa shape index (κ1) is 32.6. The first-order valence-corrected chi connectivity index (χ1v) is 16.1. The molecule has 1 fully saturated rings. The third-order valence-electron chi connectivity index (χ3n) is 8.95. The maximum Gasteiger partial charge on any atom is 0.253 e. The number of likely N-dealkylation sites (tertiary alicyclic amines) is 1. The SMILES string of the molecule is COc1ccc(-c2cn(C3CCN(C(=O)c4cccc(C(=O)NCc5c(-c6ccc(F)cc6)nc6ccc(C)cn56)c4)CC3)nn2)c(F)c1F. The van der Waals surface area contributed by atoms with Gasteiger partial charge in [-0.05, 0) is 86.0 Å². The normalized spacial score (nSPS) is 13.5. The second-order valence-electron chi connectivity index (χ2n) is 12.2. The van der Waals surface area contributed by atoms with E-state index in [0.717, 1.165) is 16.8 Å². The number of amides is 2. The standard InChI is InChI=1S/C37H32F3N7O3/c1-22-6-13-32-42-35(23-7-9-26(38)10-8-23)30(46(32)20-22)19-41-36(48)24-4-3-5-25(18-24)37(49)45-16-14-27(15-17-45)47-21-29(43-44-47)28-11-12-31(50-2)34(40)33(28)39/h3-13,18,20-21,27H,14-17,19H2,1-2H3,(H,41,48). The van der Waals surface area contributed by atoms with Crippen molar-refractivity contribution in [1.29, 1.82) is 0 Å². The van der Waals surface area contributed by atoms with Gasteiger partial charge in [0.2, 0.25) is 5.82 Å². The van der Waals surface area contributed by atoms with Crippen molar-refractivity contribution in [3.8, 4) is 28.3 Å². The number of aromatic nitrogens is 5. The number of hydrogen-bond donors (Lipinski definition) is 1. The highest BCUT2D eigenvalue weighted by Crippen LogP contribution is 2.31. The van der Waals surface area contributed by atoms with E-state index < -0.39 is 11.6 Å². The molecule has 254 valence electrons. The molecule has 0 bridgehead atoms. The van der Waals surface area contributed by atoms with Gasteiger partial charge in [0.25, 0.3) is 11.8 Å². The number of fused-ring (bicyclic) bond motifs is 1. The van der Waals surface area contributed by atoms with Crippen LogP contribution in [-0.2, 0) is 6.54 Å². The van der Waals surface area contributed by atoms with Crippen LogP contribution in [0.5, 0.6) is 5.75 Å². The Morgan fingerprint density at radius 2 is 1.68 bits per heavy atom. The van der Waals surface area contributed by atoms with Crippen molar-refractivity contribution in [2.75, 3.05) is 20.2 Å². The van der Waals surface area contributed by atoms with Crippen LogP contribution in [0.3, 0.4) is 0 Å². The zero-order valence-corrected chi connectivity index (χ0v) is 27.2. The third-order valence-corrected chi connectivity index (χ3v) is 8.95. The molecule has 7 rings (SSSR count). The molecule has 6 aromatic rings. The summed E-state index contributed by atoms with van der Waals surface area (Å²) in [6.07, 6.45) is 4.65. The molecule has 1 N–H and O–H groups in total. The lowest BCUT2D eigenvalue weighted by molar-refractivity contribution is 0.0689. The quantitative estimate of drug-likeness (QED) is 0.200. The predicted octanol–water partition coefficient (Wildman–Crippen LogP) is 6.40. The van der Waals surface area contributed by atoms with Gasteiger partial charge in [0, 0.05) is 41.5 Å². The fraction of sp³-hybridized carbons (Fsp3) is 0.216. The van der Waals surface area contributed by atoms with Crippen LogP contribution in [0.15, 0.2) is 85.2 Å². The number of nitrogens with one attached hydrogen (secondary N) is 1. The summed E-state index contributed by atoms with van der Waals surface area (Å²) in [5, 5.41) is 11.2. The maximum atomic E-state index is 14.6. The second kappa shape index (κ2) is 13.5. The molecule has 0 radical (unpaired) electrons. The number of pyridine rings is 1. The number of ether oxygens (including phenoxy) is 1. The minimum absolute atomic E-state index is 0.0203. The largest absolute Gasteiger partial charge is 0.494 e. The van der Waals surface area contributed by atoms with Crippen LogP contribution in [0.1, 0.15) is 50.9 Å². The summed E-state index contributed by atoms with van der Waals surface area (Å²) in [4.78, 5) is 33.4. The topological polar surface area (TPSA) is 107 Å². The number of methoxy groups -OCH3 is 1. The zero-order valence-electron chi connectivity index (χ0n) is 27.2. The molecule has 0 unspecified atom stereocenters. The number of carbonyl (C=O) groups is 2. The molecular formula is C37H32F3N7O3. The minimum atomic E-state index is -1.09. The van der Waals surface area contributed by atoms with Gasteiger partial charge in [0.1, 0.15) is 17.2 Å². The fourth-order valence-corrected chi connectivity index (χ4v) is 6.25. The van der Waals surface area contributed by atoms with Gasteiger partial charge in [-0.3, -0.25) is 9.59 Å². The number of rotatable bonds is 8. The Balaban J connectivity index is 1.01. The van der Waals surface area contributed by atoms with Crippen LogP contribution in [-0.4, -0.2) is 61.3 Å². The highest BCUT2D eigenvalue weighted by molar-refractivity contribution is 5.99. The number of piperidine rings is 1. The zero-order chi connectivity index (χ0) is 34.9. The highest BCUT2D eigenvalue weighted by Gasteiger charge is 2.27. The van der Waals surface area contributed by atoms with E-state index in [9.17, 15) is 22.8 Å². The van der Waals surface area contributed by atoms with Crippen LogP contribution >= 0.6 is 0 Å². The first-order chi connectivity index (χ1) is 24.2. The van der Waals surface area contributed by atoms with Crippen molar-refractivity contribution >= 4 is 17.5 Å². The van der Waals surface area contributed by atoms with Crippen LogP contribution in [0.2, 0.25) is 0 Å². The van der Waals surface area contributed by atoms with E-state index in [1.807, 2.05) is 29.7 Å². The van der Waals surface area contributed by atoms with E-state index in [1.54, 1.807) is 52.2 Å². The van der Waals surface area contributed by atoms with Crippen molar-refractivity contribution in [3.05, 3.63) is 125 Å². The third kappa shape index (κ3) is 6.29. The maximum absolute atomic E-state index is 14.6. The Morgan fingerprint density at radius 3 is 2.44 bits per heavy atom. The number of hydrogen-bond acceptors (Lipinski definition) is 6. The molecule has 1 aliphatic rings. The Labute approximate surface area is 285 Å². The van der Waals surface area contributed by atoms with Crippen LogP contribution in [0, 0.1) is 24.4 Å². The molecule has 10 nitrogen and oxygen atoms in total. The average molecular weight is 680 g/mol. The van der Waals surface area contributed by atoms with Crippen molar-refractivity contribution in [2.45, 2.75) is 32.4 Å². The summed E-state index contributed by atoms with van der Waals surface area (Å²) in [5.41, 5.74) is 4.68. The predicted molar refractivity (Wildman–Crippen MR) is 179 cm³/mol. The molecule has 2 amide bonds. The summed E-state index contributed by atoms with van der Waals surface area (Å²) in [5.74, 6) is -3.27. The van der Waals surface area contributed by atoms with Crippen LogP contribution < -0.4 is 10.1 Å². The van der Waals surface area contributed by atoms with E-state index in [1.165, 1.54) is 31.4 Å². The van der Waals surface area contributed by atoms with Gasteiger partial charge < -0.3 is 19.4 Å². The lowest BCUT2D eigenvalue weighted by Gasteiger charge is -2.32. The second-order valence-corrected chi connectivity index (χ2v) is 12.2. The van der Waals surface area contributed by atoms with Crippen LogP contribution in [0.25, 0.3) is 28.2 Å². The van der Waals surface area contributed by atoms with E-state index in [2.05, 4.69) is 15.6 Å². The number of nitrogens with zero attached hydrogens (tertiary/aromatic N) is 6. The molecule has 0 saturated carbocycles. The van der Waals surface area contributed by atoms with Gasteiger partial charge in [-0.25, -0.2) is 18.4 Å². The van der Waals surface area contributed by atoms with Crippen LogP contribution in [0.4, 0.5) is 13.2 Å². The first-order valence-electron chi connectivity index (χ1n) is 16.1. The molecule has 1 aliphatic heterocycles. The van der Waals surface area contributed by atoms with E-state index >= 15 is 0 Å². The van der Waals surface area contributed by atoms with Gasteiger partial charge in [-0.1, -0.05) is 17.3 Å². The number of imidazole rings is 1. The fourth-order valence-electron chi connectivity index (χ4n) is 6.25. The van der Waals surface area contributed by atoms with Crippen molar-refractivity contribution in [1.82, 2.24) is 34.6 Å². The monoisotopic (exact) mass is 679 g/mol. The van der Waals surface area contributed by atoms with Gasteiger partial charge in [-0.15, -0.1) is 5.10 Å². The Kier molecular flexibility index (Phi) is 8.79. The summed E-state index contributed by atoms with van der Waals surface area (Å²) in [6.45, 7) is 2.97. The molecule has 0 aliphatic carbocycles. The number of aryl methyl sites for hydroxylation is 1. The highest BCUT2D eigenvalue weighted by atomic mass is 19.2. The molecule has 1 saturated heterocycles. The summed E-state index contributed by atoms with van der Waals surface area (Å²) >= 11 is 0. The summed E-state index contributed by atoms with van der Waals surface area (Å²) in [6, 6.07) is 19.1. The average Bonchev–Trinajstić information content (AvgIpc) is 3.77. The Morgan fingerprint density at radius 1 is 0.920 bits per heavy atom. The van der Waals surface area contributed by atoms with Crippen molar-refractivity contribution in [2.24, 2.45) is 0 Å². The van der Waals surface area contributed by atoms with Crippen molar-refractivity contribution in [3.63, 3.8) is 0 Å². The molecule has 0 spiro atoms. The van der Waals surface area contributed by atoms with E-state index in [-0.39, 0.29) is 47.2 Å². The molecule has 0 atom stereocenters. The number of halogens is 3. The Hall–Kier alpha value is -5.98. The summed E-state index contributed by atoms with van der Waals surface area (Å²) in [7, 11) is 1.26. The molecular weight excluding hydrogens is 647 g/mol. The molecule has 50 heavy (non-hydrogen) atoms. The molecule has 13 heteroatoms. The van der Waals surface area contributed by atoms with Gasteiger partial charge in [0.05, 0.1) is 37.3 Å². The van der Waals surface area contributed by atoms with E-state index in [0.29, 0.717) is 48.4 Å².